The largest absolute Gasteiger partial charge is 0.494 e. The van der Waals surface area contributed by atoms with Crippen LogP contribution in [0, 0.1) is 12.7 Å². The van der Waals surface area contributed by atoms with Gasteiger partial charge in [-0.25, -0.2) is 14.4 Å². The van der Waals surface area contributed by atoms with Crippen molar-refractivity contribution < 1.29 is 13.9 Å². The first-order valence-electron chi connectivity index (χ1n) is 8.09. The minimum absolute atomic E-state index is 0.171. The molecule has 4 rings (SSSR count). The van der Waals surface area contributed by atoms with Crippen LogP contribution in [0.25, 0.3) is 16.9 Å². The molecule has 0 aliphatic carbocycles. The van der Waals surface area contributed by atoms with Crippen molar-refractivity contribution >= 4 is 28.0 Å². The Morgan fingerprint density at radius 2 is 2.11 bits per heavy atom. The molecule has 136 valence electrons. The van der Waals surface area contributed by atoms with E-state index in [4.69, 9.17) is 4.74 Å². The summed E-state index contributed by atoms with van der Waals surface area (Å²) < 4.78 is 20.6. The second kappa shape index (κ2) is 6.81. The first kappa shape index (κ1) is 17.2. The molecule has 0 spiro atoms. The fourth-order valence-electron chi connectivity index (χ4n) is 2.64. The molecular formula is C19H15FN4O2S. The molecule has 6 nitrogen and oxygen atoms in total. The lowest BCUT2D eigenvalue weighted by molar-refractivity contribution is 0.102. The minimum atomic E-state index is -0.464. The number of fused-ring (bicyclic) bond motifs is 1. The molecule has 0 saturated carbocycles. The Kier molecular flexibility index (Phi) is 4.33. The van der Waals surface area contributed by atoms with Crippen molar-refractivity contribution in [3.8, 4) is 17.0 Å². The normalized spacial score (nSPS) is 10.9. The van der Waals surface area contributed by atoms with Crippen LogP contribution < -0.4 is 10.1 Å². The van der Waals surface area contributed by atoms with Gasteiger partial charge < -0.3 is 9.14 Å². The van der Waals surface area contributed by atoms with Gasteiger partial charge in [0.2, 0.25) is 0 Å². The van der Waals surface area contributed by atoms with Crippen LogP contribution in [-0.4, -0.2) is 27.4 Å². The molecule has 3 heterocycles. The van der Waals surface area contributed by atoms with Crippen LogP contribution in [0.3, 0.4) is 0 Å². The quantitative estimate of drug-likeness (QED) is 0.575. The highest BCUT2D eigenvalue weighted by atomic mass is 32.1. The molecule has 4 aromatic rings. The molecule has 0 unspecified atom stereocenters. The molecule has 0 aliphatic rings. The number of thiazole rings is 1. The molecule has 8 heteroatoms. The second-order valence-electron chi connectivity index (χ2n) is 5.94. The minimum Gasteiger partial charge on any atom is -0.494 e. The highest BCUT2D eigenvalue weighted by Crippen LogP contribution is 2.28. The Morgan fingerprint density at radius 1 is 1.26 bits per heavy atom. The number of hydrogen-bond donors (Lipinski definition) is 1. The molecule has 0 bridgehead atoms. The summed E-state index contributed by atoms with van der Waals surface area (Å²) in [6.07, 6.45) is 3.52. The number of carbonyl (C=O) groups is 1. The van der Waals surface area contributed by atoms with E-state index in [1.165, 1.54) is 24.5 Å². The maximum Gasteiger partial charge on any atom is 0.277 e. The zero-order chi connectivity index (χ0) is 19.0. The number of amides is 1. The molecule has 1 aromatic carbocycles. The van der Waals surface area contributed by atoms with E-state index < -0.39 is 5.82 Å². The monoisotopic (exact) mass is 382 g/mol. The number of halogens is 1. The third-order valence-corrected chi connectivity index (χ3v) is 4.78. The van der Waals surface area contributed by atoms with Crippen molar-refractivity contribution in [2.24, 2.45) is 0 Å². The van der Waals surface area contributed by atoms with Crippen molar-refractivity contribution in [2.45, 2.75) is 6.92 Å². The van der Waals surface area contributed by atoms with Gasteiger partial charge in [0.05, 0.1) is 12.8 Å². The van der Waals surface area contributed by atoms with Crippen LogP contribution in [0.5, 0.6) is 5.75 Å². The average Bonchev–Trinajstić information content (AvgIpc) is 3.28. The van der Waals surface area contributed by atoms with E-state index in [1.54, 1.807) is 28.1 Å². The summed E-state index contributed by atoms with van der Waals surface area (Å²) in [6, 6.07) is 8.45. The summed E-state index contributed by atoms with van der Waals surface area (Å²) in [6.45, 7) is 1.97. The molecule has 0 fully saturated rings. The van der Waals surface area contributed by atoms with Gasteiger partial charge in [-0.2, -0.15) is 0 Å². The second-order valence-corrected chi connectivity index (χ2v) is 6.80. The molecule has 0 aliphatic heterocycles. The molecule has 0 radical (unpaired) electrons. The topological polar surface area (TPSA) is 68.5 Å². The van der Waals surface area contributed by atoms with Gasteiger partial charge in [-0.15, -0.1) is 11.3 Å². The van der Waals surface area contributed by atoms with Crippen LogP contribution in [0.15, 0.2) is 48.1 Å². The van der Waals surface area contributed by atoms with Gasteiger partial charge in [-0.05, 0) is 42.8 Å². The lowest BCUT2D eigenvalue weighted by Gasteiger charge is -2.03. The fourth-order valence-corrected chi connectivity index (χ4v) is 3.36. The zero-order valence-electron chi connectivity index (χ0n) is 14.6. The third kappa shape index (κ3) is 3.39. The summed E-state index contributed by atoms with van der Waals surface area (Å²) in [5.41, 5.74) is 3.24. The maximum absolute atomic E-state index is 13.9. The number of pyridine rings is 1. The van der Waals surface area contributed by atoms with E-state index in [-0.39, 0.29) is 11.7 Å². The Hall–Kier alpha value is -3.26. The van der Waals surface area contributed by atoms with E-state index in [0.29, 0.717) is 27.7 Å². The summed E-state index contributed by atoms with van der Waals surface area (Å²) in [4.78, 5) is 21.1. The summed E-state index contributed by atoms with van der Waals surface area (Å²) in [7, 11) is 1.41. The highest BCUT2D eigenvalue weighted by Gasteiger charge is 2.14. The summed E-state index contributed by atoms with van der Waals surface area (Å²) in [5, 5.41) is 4.91. The predicted molar refractivity (Wildman–Crippen MR) is 102 cm³/mol. The van der Waals surface area contributed by atoms with Crippen molar-refractivity contribution in [2.75, 3.05) is 12.4 Å². The number of hydrogen-bond acceptors (Lipinski definition) is 5. The SMILES string of the molecule is COc1ccc(-c2csc(NC(=O)c3cn4ccc(C)cc4n3)n2)cc1F. The summed E-state index contributed by atoms with van der Waals surface area (Å²) >= 11 is 1.26. The smallest absolute Gasteiger partial charge is 0.277 e. The fraction of sp³-hybridized carbons (Fsp3) is 0.105. The van der Waals surface area contributed by atoms with Crippen LogP contribution in [0.2, 0.25) is 0 Å². The lowest BCUT2D eigenvalue weighted by atomic mass is 10.1. The Labute approximate surface area is 158 Å². The first-order valence-corrected chi connectivity index (χ1v) is 8.97. The van der Waals surface area contributed by atoms with E-state index >= 15 is 0 Å². The number of aromatic nitrogens is 3. The molecule has 0 atom stereocenters. The Morgan fingerprint density at radius 3 is 2.89 bits per heavy atom. The molecule has 0 saturated heterocycles. The van der Waals surface area contributed by atoms with Gasteiger partial charge in [0.15, 0.2) is 16.7 Å². The average molecular weight is 382 g/mol. The van der Waals surface area contributed by atoms with Crippen LogP contribution in [0.1, 0.15) is 16.1 Å². The van der Waals surface area contributed by atoms with Crippen molar-refractivity contribution in [1.82, 2.24) is 14.4 Å². The number of aryl methyl sites for hydroxylation is 1. The standard InChI is InChI=1S/C19H15FN4O2S/c1-11-5-6-24-9-14(21-17(24)7-11)18(25)23-19-22-15(10-27-19)12-3-4-16(26-2)13(20)8-12/h3-10H,1-2H3,(H,22,23,25). The van der Waals surface area contributed by atoms with Gasteiger partial charge in [0, 0.05) is 23.3 Å². The van der Waals surface area contributed by atoms with Gasteiger partial charge in [0.25, 0.3) is 5.91 Å². The molecular weight excluding hydrogens is 367 g/mol. The van der Waals surface area contributed by atoms with Crippen molar-refractivity contribution in [3.05, 3.63) is 65.2 Å². The number of anilines is 1. The predicted octanol–water partition coefficient (Wildman–Crippen LogP) is 4.17. The van der Waals surface area contributed by atoms with E-state index in [0.717, 1.165) is 5.56 Å². The zero-order valence-corrected chi connectivity index (χ0v) is 15.4. The Bertz CT molecular complexity index is 1150. The molecule has 3 aromatic heterocycles. The number of nitrogens with one attached hydrogen (secondary N) is 1. The third-order valence-electron chi connectivity index (χ3n) is 4.02. The van der Waals surface area contributed by atoms with Gasteiger partial charge in [0.1, 0.15) is 11.3 Å². The number of ether oxygens (including phenoxy) is 1. The van der Waals surface area contributed by atoms with Gasteiger partial charge >= 0.3 is 0 Å². The molecule has 1 N–H and O–H groups in total. The lowest BCUT2D eigenvalue weighted by Crippen LogP contribution is -2.12. The van der Waals surface area contributed by atoms with E-state index in [9.17, 15) is 9.18 Å². The number of benzene rings is 1. The molecule has 27 heavy (non-hydrogen) atoms. The maximum atomic E-state index is 13.9. The van der Waals surface area contributed by atoms with Gasteiger partial charge in [-0.1, -0.05) is 0 Å². The van der Waals surface area contributed by atoms with Crippen LogP contribution in [-0.2, 0) is 0 Å². The number of rotatable bonds is 4. The van der Waals surface area contributed by atoms with Crippen molar-refractivity contribution in [3.63, 3.8) is 0 Å². The Balaban J connectivity index is 1.54. The number of nitrogens with zero attached hydrogens (tertiary/aromatic N) is 3. The summed E-state index contributed by atoms with van der Waals surface area (Å²) in [5.74, 6) is -0.642. The highest BCUT2D eigenvalue weighted by molar-refractivity contribution is 7.14. The number of carbonyl (C=O) groups excluding carboxylic acids is 1. The number of imidazole rings is 1. The van der Waals surface area contributed by atoms with Gasteiger partial charge in [-0.3, -0.25) is 10.1 Å². The van der Waals surface area contributed by atoms with E-state index in [2.05, 4.69) is 15.3 Å². The number of methoxy groups -OCH3 is 1. The van der Waals surface area contributed by atoms with Crippen LogP contribution in [0.4, 0.5) is 9.52 Å². The first-order chi connectivity index (χ1) is 13.0. The van der Waals surface area contributed by atoms with Crippen molar-refractivity contribution in [1.29, 1.82) is 0 Å². The molecule has 1 amide bonds. The van der Waals surface area contributed by atoms with Crippen LogP contribution >= 0.6 is 11.3 Å². The van der Waals surface area contributed by atoms with E-state index in [1.807, 2.05) is 25.3 Å².